The molecule has 0 aromatic heterocycles. The molecule has 0 atom stereocenters. The van der Waals surface area contributed by atoms with Crippen LogP contribution in [0.4, 0.5) is 0 Å². The van der Waals surface area contributed by atoms with Gasteiger partial charge in [0.25, 0.3) is 0 Å². The van der Waals surface area contributed by atoms with Gasteiger partial charge in [-0.05, 0) is 30.2 Å². The number of rotatable bonds is 5. The number of carbonyl (C=O) groups is 1. The standard InChI is InChI=1S/C14H17NO3/c1-2-3-8-15-14(16)7-5-11-4-6-12-13(9-11)18-10-17-12/h4-7,9H,2-3,8,10H2,1H3,(H,15,16). The molecular weight excluding hydrogens is 230 g/mol. The van der Waals surface area contributed by atoms with Gasteiger partial charge in [-0.2, -0.15) is 0 Å². The van der Waals surface area contributed by atoms with Crippen LogP contribution in [0.1, 0.15) is 25.3 Å². The van der Waals surface area contributed by atoms with E-state index in [4.69, 9.17) is 9.47 Å². The molecule has 96 valence electrons. The summed E-state index contributed by atoms with van der Waals surface area (Å²) in [6, 6.07) is 5.60. The van der Waals surface area contributed by atoms with Gasteiger partial charge in [0.05, 0.1) is 0 Å². The summed E-state index contributed by atoms with van der Waals surface area (Å²) in [5, 5.41) is 2.82. The molecule has 0 radical (unpaired) electrons. The van der Waals surface area contributed by atoms with E-state index in [1.807, 2.05) is 18.2 Å². The van der Waals surface area contributed by atoms with Gasteiger partial charge in [-0.25, -0.2) is 0 Å². The second-order valence-corrected chi connectivity index (χ2v) is 4.09. The van der Waals surface area contributed by atoms with Crippen LogP contribution in [0.2, 0.25) is 0 Å². The van der Waals surface area contributed by atoms with E-state index in [2.05, 4.69) is 12.2 Å². The number of unbranched alkanes of at least 4 members (excludes halogenated alkanes) is 1. The summed E-state index contributed by atoms with van der Waals surface area (Å²) in [4.78, 5) is 11.5. The molecule has 1 heterocycles. The first kappa shape index (κ1) is 12.5. The average Bonchev–Trinajstić information content (AvgIpc) is 2.84. The third-order valence-corrected chi connectivity index (χ3v) is 2.65. The van der Waals surface area contributed by atoms with Gasteiger partial charge in [-0.15, -0.1) is 0 Å². The van der Waals surface area contributed by atoms with Crippen molar-refractivity contribution in [3.05, 3.63) is 29.8 Å². The number of fused-ring (bicyclic) bond motifs is 1. The molecule has 1 aliphatic rings. The summed E-state index contributed by atoms with van der Waals surface area (Å²) < 4.78 is 10.5. The Bertz CT molecular complexity index is 454. The van der Waals surface area contributed by atoms with Gasteiger partial charge >= 0.3 is 0 Å². The van der Waals surface area contributed by atoms with Crippen molar-refractivity contribution in [2.24, 2.45) is 0 Å². The van der Waals surface area contributed by atoms with Crippen LogP contribution >= 0.6 is 0 Å². The van der Waals surface area contributed by atoms with Gasteiger partial charge < -0.3 is 14.8 Å². The fourth-order valence-corrected chi connectivity index (χ4v) is 1.64. The highest BCUT2D eigenvalue weighted by Crippen LogP contribution is 2.32. The van der Waals surface area contributed by atoms with Gasteiger partial charge in [0.1, 0.15) is 0 Å². The zero-order chi connectivity index (χ0) is 12.8. The van der Waals surface area contributed by atoms with Gasteiger partial charge in [0.15, 0.2) is 11.5 Å². The summed E-state index contributed by atoms with van der Waals surface area (Å²) in [6.45, 7) is 3.08. The Kier molecular flexibility index (Phi) is 4.23. The van der Waals surface area contributed by atoms with Crippen molar-refractivity contribution in [3.8, 4) is 11.5 Å². The molecule has 18 heavy (non-hydrogen) atoms. The second-order valence-electron chi connectivity index (χ2n) is 4.09. The number of hydrogen-bond acceptors (Lipinski definition) is 3. The van der Waals surface area contributed by atoms with Crippen LogP contribution < -0.4 is 14.8 Å². The van der Waals surface area contributed by atoms with Gasteiger partial charge in [-0.3, -0.25) is 4.79 Å². The monoisotopic (exact) mass is 247 g/mol. The number of amides is 1. The summed E-state index contributed by atoms with van der Waals surface area (Å²) in [6.07, 6.45) is 5.38. The average molecular weight is 247 g/mol. The third kappa shape index (κ3) is 3.26. The second kappa shape index (κ2) is 6.10. The van der Waals surface area contributed by atoms with E-state index in [1.54, 1.807) is 6.08 Å². The number of benzene rings is 1. The molecule has 1 N–H and O–H groups in total. The maximum atomic E-state index is 11.5. The van der Waals surface area contributed by atoms with Gasteiger partial charge in [-0.1, -0.05) is 19.4 Å². The predicted octanol–water partition coefficient (Wildman–Crippen LogP) is 2.34. The smallest absolute Gasteiger partial charge is 0.243 e. The molecule has 1 aromatic rings. The molecule has 0 fully saturated rings. The molecule has 1 amide bonds. The van der Waals surface area contributed by atoms with E-state index in [-0.39, 0.29) is 12.7 Å². The zero-order valence-electron chi connectivity index (χ0n) is 10.4. The normalized spacial score (nSPS) is 12.9. The molecule has 4 nitrogen and oxygen atoms in total. The Morgan fingerprint density at radius 1 is 1.39 bits per heavy atom. The Labute approximate surface area is 107 Å². The van der Waals surface area contributed by atoms with E-state index in [9.17, 15) is 4.79 Å². The summed E-state index contributed by atoms with van der Waals surface area (Å²) in [7, 11) is 0. The summed E-state index contributed by atoms with van der Waals surface area (Å²) in [5.74, 6) is 1.41. The lowest BCUT2D eigenvalue weighted by atomic mass is 10.2. The van der Waals surface area contributed by atoms with Crippen molar-refractivity contribution in [1.29, 1.82) is 0 Å². The lowest BCUT2D eigenvalue weighted by molar-refractivity contribution is -0.116. The van der Waals surface area contributed by atoms with Crippen LogP contribution in [-0.4, -0.2) is 19.2 Å². The molecule has 0 aliphatic carbocycles. The van der Waals surface area contributed by atoms with Crippen LogP contribution in [0.5, 0.6) is 11.5 Å². The predicted molar refractivity (Wildman–Crippen MR) is 69.5 cm³/mol. The zero-order valence-corrected chi connectivity index (χ0v) is 10.4. The quantitative estimate of drug-likeness (QED) is 0.641. The minimum Gasteiger partial charge on any atom is -0.454 e. The van der Waals surface area contributed by atoms with Crippen LogP contribution in [0.25, 0.3) is 6.08 Å². The number of hydrogen-bond donors (Lipinski definition) is 1. The SMILES string of the molecule is CCCCNC(=O)C=Cc1ccc2c(c1)OCO2. The van der Waals surface area contributed by atoms with Crippen molar-refractivity contribution < 1.29 is 14.3 Å². The van der Waals surface area contributed by atoms with E-state index in [0.717, 1.165) is 36.4 Å². The fourth-order valence-electron chi connectivity index (χ4n) is 1.64. The fraction of sp³-hybridized carbons (Fsp3) is 0.357. The maximum absolute atomic E-state index is 11.5. The van der Waals surface area contributed by atoms with Crippen molar-refractivity contribution in [1.82, 2.24) is 5.32 Å². The highest BCUT2D eigenvalue weighted by atomic mass is 16.7. The van der Waals surface area contributed by atoms with Crippen LogP contribution in [-0.2, 0) is 4.79 Å². The van der Waals surface area contributed by atoms with E-state index in [0.29, 0.717) is 0 Å². The van der Waals surface area contributed by atoms with Crippen molar-refractivity contribution >= 4 is 12.0 Å². The topological polar surface area (TPSA) is 47.6 Å². The van der Waals surface area contributed by atoms with Crippen molar-refractivity contribution in [2.45, 2.75) is 19.8 Å². The van der Waals surface area contributed by atoms with E-state index >= 15 is 0 Å². The number of carbonyl (C=O) groups excluding carboxylic acids is 1. The highest BCUT2D eigenvalue weighted by Gasteiger charge is 2.12. The first-order valence-corrected chi connectivity index (χ1v) is 6.15. The molecule has 0 saturated carbocycles. The number of ether oxygens (including phenoxy) is 2. The Hall–Kier alpha value is -1.97. The minimum atomic E-state index is -0.0684. The minimum absolute atomic E-state index is 0.0684. The molecule has 1 aromatic carbocycles. The number of nitrogens with one attached hydrogen (secondary N) is 1. The van der Waals surface area contributed by atoms with Gasteiger partial charge in [0, 0.05) is 12.6 Å². The van der Waals surface area contributed by atoms with Crippen molar-refractivity contribution in [3.63, 3.8) is 0 Å². The molecule has 1 aliphatic heterocycles. The largest absolute Gasteiger partial charge is 0.454 e. The molecule has 0 spiro atoms. The summed E-state index contributed by atoms with van der Waals surface area (Å²) >= 11 is 0. The lowest BCUT2D eigenvalue weighted by Gasteiger charge is -2.00. The molecule has 0 bridgehead atoms. The molecular formula is C14H17NO3. The summed E-state index contributed by atoms with van der Waals surface area (Å²) in [5.41, 5.74) is 0.921. The first-order valence-electron chi connectivity index (χ1n) is 6.15. The van der Waals surface area contributed by atoms with Crippen LogP contribution in [0.3, 0.4) is 0 Å². The van der Waals surface area contributed by atoms with E-state index in [1.165, 1.54) is 6.08 Å². The molecule has 0 saturated heterocycles. The first-order chi connectivity index (χ1) is 8.79. The molecule has 0 unspecified atom stereocenters. The van der Waals surface area contributed by atoms with Crippen molar-refractivity contribution in [2.75, 3.05) is 13.3 Å². The highest BCUT2D eigenvalue weighted by molar-refractivity contribution is 5.91. The molecule has 2 rings (SSSR count). The maximum Gasteiger partial charge on any atom is 0.243 e. The Balaban J connectivity index is 1.90. The Morgan fingerprint density at radius 3 is 3.06 bits per heavy atom. The van der Waals surface area contributed by atoms with E-state index < -0.39 is 0 Å². The van der Waals surface area contributed by atoms with Crippen LogP contribution in [0, 0.1) is 0 Å². The molecule has 4 heteroatoms. The third-order valence-electron chi connectivity index (χ3n) is 2.65. The van der Waals surface area contributed by atoms with Crippen LogP contribution in [0.15, 0.2) is 24.3 Å². The lowest BCUT2D eigenvalue weighted by Crippen LogP contribution is -2.21. The van der Waals surface area contributed by atoms with Gasteiger partial charge in [0.2, 0.25) is 12.7 Å². The Morgan fingerprint density at radius 2 is 2.22 bits per heavy atom.